The number of imidazole rings is 1. The Balaban J connectivity index is 1.19. The molecule has 3 aliphatic rings. The number of H-pyrrole nitrogens is 1. The number of likely N-dealkylation sites (tertiary alicyclic amines) is 1. The van der Waals surface area contributed by atoms with Crippen LogP contribution in [-0.4, -0.2) is 33.4 Å². The monoisotopic (exact) mass is 381 g/mol. The van der Waals surface area contributed by atoms with Gasteiger partial charge < -0.3 is 9.88 Å². The molecule has 0 unspecified atom stereocenters. The molecular weight excluding hydrogens is 350 g/mol. The van der Waals surface area contributed by atoms with Crippen molar-refractivity contribution in [3.05, 3.63) is 34.7 Å². The standard InChI is InChI=1S/C23H31N3O2/c27-22(18-10-8-17(9-11-18)16-4-3-5-16)25-14-12-19(13-15-25)26-21-7-2-1-6-20(21)24-23(26)28/h1-2,6-7,16-19H,3-5,8-15H2,(H,24,28). The number of rotatable bonds is 3. The minimum Gasteiger partial charge on any atom is -0.342 e. The quantitative estimate of drug-likeness (QED) is 0.870. The number of fused-ring (bicyclic) bond motifs is 1. The Kier molecular flexibility index (Phi) is 4.77. The van der Waals surface area contributed by atoms with Gasteiger partial charge in [-0.3, -0.25) is 9.36 Å². The normalized spacial score (nSPS) is 27.1. The Hall–Kier alpha value is -2.04. The molecule has 0 spiro atoms. The number of aromatic amines is 1. The number of piperidine rings is 1. The van der Waals surface area contributed by atoms with E-state index in [1.807, 2.05) is 28.8 Å². The number of para-hydroxylation sites is 2. The van der Waals surface area contributed by atoms with E-state index in [-0.39, 0.29) is 17.6 Å². The topological polar surface area (TPSA) is 58.1 Å². The summed E-state index contributed by atoms with van der Waals surface area (Å²) in [6, 6.07) is 8.06. The van der Waals surface area contributed by atoms with Crippen LogP contribution in [0.5, 0.6) is 0 Å². The van der Waals surface area contributed by atoms with Crippen LogP contribution in [0.15, 0.2) is 29.1 Å². The number of nitrogens with zero attached hydrogens (tertiary/aromatic N) is 2. The zero-order chi connectivity index (χ0) is 19.1. The van der Waals surface area contributed by atoms with Crippen molar-refractivity contribution < 1.29 is 4.79 Å². The Morgan fingerprint density at radius 3 is 2.25 bits per heavy atom. The fourth-order valence-corrected chi connectivity index (χ4v) is 5.79. The smallest absolute Gasteiger partial charge is 0.326 e. The summed E-state index contributed by atoms with van der Waals surface area (Å²) in [5.41, 5.74) is 1.85. The van der Waals surface area contributed by atoms with E-state index in [9.17, 15) is 9.59 Å². The Bertz CT molecular complexity index is 894. The highest BCUT2D eigenvalue weighted by Crippen LogP contribution is 2.42. The predicted molar refractivity (Wildman–Crippen MR) is 110 cm³/mol. The second-order valence-corrected chi connectivity index (χ2v) is 9.18. The Morgan fingerprint density at radius 2 is 1.57 bits per heavy atom. The van der Waals surface area contributed by atoms with Crippen molar-refractivity contribution >= 4 is 16.9 Å². The third-order valence-corrected chi connectivity index (χ3v) is 7.70. The van der Waals surface area contributed by atoms with Gasteiger partial charge in [0.15, 0.2) is 0 Å². The SMILES string of the molecule is O=C(C1CCC(C2CCC2)CC1)N1CCC(n2c(=O)[nH]c3ccccc32)CC1. The highest BCUT2D eigenvalue weighted by Gasteiger charge is 2.35. The molecule has 5 rings (SSSR count). The van der Waals surface area contributed by atoms with E-state index in [1.54, 1.807) is 0 Å². The van der Waals surface area contributed by atoms with Crippen LogP contribution < -0.4 is 5.69 Å². The first-order valence-electron chi connectivity index (χ1n) is 11.2. The molecule has 2 saturated carbocycles. The number of nitrogens with one attached hydrogen (secondary N) is 1. The van der Waals surface area contributed by atoms with Crippen molar-refractivity contribution in [1.82, 2.24) is 14.5 Å². The van der Waals surface area contributed by atoms with Gasteiger partial charge in [0.05, 0.1) is 11.0 Å². The summed E-state index contributed by atoms with van der Waals surface area (Å²) in [6.07, 6.45) is 10.7. The van der Waals surface area contributed by atoms with Crippen molar-refractivity contribution in [2.45, 2.75) is 63.8 Å². The van der Waals surface area contributed by atoms with E-state index in [2.05, 4.69) is 9.88 Å². The summed E-state index contributed by atoms with van der Waals surface area (Å²) in [5, 5.41) is 0. The lowest BCUT2D eigenvalue weighted by atomic mass is 9.68. The number of carbonyl (C=O) groups is 1. The van der Waals surface area contributed by atoms with Gasteiger partial charge in [-0.2, -0.15) is 0 Å². The average molecular weight is 382 g/mol. The molecule has 1 aliphatic heterocycles. The van der Waals surface area contributed by atoms with E-state index < -0.39 is 0 Å². The van der Waals surface area contributed by atoms with Gasteiger partial charge in [-0.1, -0.05) is 31.4 Å². The van der Waals surface area contributed by atoms with E-state index in [0.717, 1.165) is 61.6 Å². The lowest BCUT2D eigenvalue weighted by molar-refractivity contribution is -0.138. The van der Waals surface area contributed by atoms with Crippen LogP contribution >= 0.6 is 0 Å². The average Bonchev–Trinajstić information content (AvgIpc) is 3.02. The van der Waals surface area contributed by atoms with Gasteiger partial charge in [0.25, 0.3) is 0 Å². The molecule has 3 fully saturated rings. The summed E-state index contributed by atoms with van der Waals surface area (Å²) < 4.78 is 1.90. The first kappa shape index (κ1) is 18.0. The fraction of sp³-hybridized carbons (Fsp3) is 0.652. The number of aromatic nitrogens is 2. The maximum atomic E-state index is 13.0. The molecule has 2 aliphatic carbocycles. The maximum Gasteiger partial charge on any atom is 0.326 e. The van der Waals surface area contributed by atoms with Crippen molar-refractivity contribution in [2.75, 3.05) is 13.1 Å². The first-order valence-corrected chi connectivity index (χ1v) is 11.2. The molecule has 2 aromatic rings. The molecule has 1 aromatic carbocycles. The van der Waals surface area contributed by atoms with Crippen LogP contribution in [0, 0.1) is 17.8 Å². The molecule has 0 bridgehead atoms. The van der Waals surface area contributed by atoms with Crippen LogP contribution in [-0.2, 0) is 4.79 Å². The minimum absolute atomic E-state index is 0.0275. The molecule has 1 amide bonds. The number of benzene rings is 1. The molecule has 0 radical (unpaired) electrons. The zero-order valence-electron chi connectivity index (χ0n) is 16.6. The lowest BCUT2D eigenvalue weighted by Crippen LogP contribution is -2.44. The number of amides is 1. The summed E-state index contributed by atoms with van der Waals surface area (Å²) in [6.45, 7) is 1.55. The largest absolute Gasteiger partial charge is 0.342 e. The summed E-state index contributed by atoms with van der Waals surface area (Å²) in [7, 11) is 0. The predicted octanol–water partition coefficient (Wildman–Crippen LogP) is 4.10. The molecular formula is C23H31N3O2. The van der Waals surface area contributed by atoms with Crippen molar-refractivity contribution in [2.24, 2.45) is 17.8 Å². The summed E-state index contributed by atoms with van der Waals surface area (Å²) >= 11 is 0. The van der Waals surface area contributed by atoms with E-state index in [0.29, 0.717) is 5.91 Å². The van der Waals surface area contributed by atoms with Crippen molar-refractivity contribution in [1.29, 1.82) is 0 Å². The van der Waals surface area contributed by atoms with Crippen LogP contribution in [0.4, 0.5) is 0 Å². The highest BCUT2D eigenvalue weighted by molar-refractivity contribution is 5.79. The van der Waals surface area contributed by atoms with Gasteiger partial charge in [-0.05, 0) is 62.5 Å². The van der Waals surface area contributed by atoms with Gasteiger partial charge >= 0.3 is 5.69 Å². The zero-order valence-corrected chi connectivity index (χ0v) is 16.6. The van der Waals surface area contributed by atoms with Crippen LogP contribution in [0.2, 0.25) is 0 Å². The van der Waals surface area contributed by atoms with E-state index in [4.69, 9.17) is 0 Å². The number of hydrogen-bond donors (Lipinski definition) is 1. The molecule has 150 valence electrons. The minimum atomic E-state index is -0.0275. The highest BCUT2D eigenvalue weighted by atomic mass is 16.2. The Labute approximate surface area is 166 Å². The molecule has 2 heterocycles. The second-order valence-electron chi connectivity index (χ2n) is 9.18. The van der Waals surface area contributed by atoms with Gasteiger partial charge in [-0.25, -0.2) is 4.79 Å². The van der Waals surface area contributed by atoms with Gasteiger partial charge in [-0.15, -0.1) is 0 Å². The van der Waals surface area contributed by atoms with Gasteiger partial charge in [0.1, 0.15) is 0 Å². The van der Waals surface area contributed by atoms with Crippen LogP contribution in [0.25, 0.3) is 11.0 Å². The maximum absolute atomic E-state index is 13.0. The van der Waals surface area contributed by atoms with Crippen LogP contribution in [0.3, 0.4) is 0 Å². The molecule has 5 nitrogen and oxygen atoms in total. The summed E-state index contributed by atoms with van der Waals surface area (Å²) in [4.78, 5) is 30.5. The molecule has 1 saturated heterocycles. The molecule has 5 heteroatoms. The van der Waals surface area contributed by atoms with Gasteiger partial charge in [0.2, 0.25) is 5.91 Å². The van der Waals surface area contributed by atoms with Crippen molar-refractivity contribution in [3.8, 4) is 0 Å². The van der Waals surface area contributed by atoms with Crippen LogP contribution in [0.1, 0.15) is 63.8 Å². The van der Waals surface area contributed by atoms with E-state index in [1.165, 1.54) is 32.1 Å². The first-order chi connectivity index (χ1) is 13.7. The molecule has 0 atom stereocenters. The Morgan fingerprint density at radius 1 is 0.893 bits per heavy atom. The van der Waals surface area contributed by atoms with E-state index >= 15 is 0 Å². The second kappa shape index (κ2) is 7.41. The molecule has 28 heavy (non-hydrogen) atoms. The molecule has 1 aromatic heterocycles. The lowest BCUT2D eigenvalue weighted by Gasteiger charge is -2.40. The number of carbonyl (C=O) groups excluding carboxylic acids is 1. The van der Waals surface area contributed by atoms with Crippen molar-refractivity contribution in [3.63, 3.8) is 0 Å². The summed E-state index contributed by atoms with van der Waals surface area (Å²) in [5.74, 6) is 2.46. The number of hydrogen-bond acceptors (Lipinski definition) is 2. The third-order valence-electron chi connectivity index (χ3n) is 7.70. The fourth-order valence-electron chi connectivity index (χ4n) is 5.79. The molecule has 1 N–H and O–H groups in total. The third kappa shape index (κ3) is 3.19. The van der Waals surface area contributed by atoms with Gasteiger partial charge in [0, 0.05) is 25.0 Å².